The maximum absolute atomic E-state index is 12.4. The second kappa shape index (κ2) is 2.31. The standard InChI is InChI=1S/C5H4BrFN2/c6-3-1-9-2-4(7)5(3)8/h1-2H,(H2,8,9). The third kappa shape index (κ3) is 1.18. The lowest BCUT2D eigenvalue weighted by molar-refractivity contribution is 0.625. The van der Waals surface area contributed by atoms with E-state index in [0.717, 1.165) is 6.20 Å². The van der Waals surface area contributed by atoms with Crippen LogP contribution in [-0.2, 0) is 0 Å². The van der Waals surface area contributed by atoms with E-state index in [1.54, 1.807) is 0 Å². The summed E-state index contributed by atoms with van der Waals surface area (Å²) in [6.45, 7) is 0. The molecule has 1 aromatic heterocycles. The molecular formula is C5H4BrFN2. The molecule has 0 atom stereocenters. The molecule has 0 saturated carbocycles. The predicted molar refractivity (Wildman–Crippen MR) is 36.3 cm³/mol. The van der Waals surface area contributed by atoms with E-state index in [9.17, 15) is 4.39 Å². The number of anilines is 1. The number of nitrogens with zero attached hydrogens (tertiary/aromatic N) is 1. The van der Waals surface area contributed by atoms with Crippen LogP contribution >= 0.6 is 15.9 Å². The molecule has 0 amide bonds. The second-order valence-corrected chi connectivity index (χ2v) is 2.37. The second-order valence-electron chi connectivity index (χ2n) is 1.52. The fourth-order valence-corrected chi connectivity index (χ4v) is 0.729. The third-order valence-electron chi connectivity index (χ3n) is 0.890. The van der Waals surface area contributed by atoms with Crippen molar-refractivity contribution in [1.82, 2.24) is 4.98 Å². The van der Waals surface area contributed by atoms with Gasteiger partial charge in [0, 0.05) is 6.20 Å². The number of nitrogen functional groups attached to an aromatic ring is 1. The van der Waals surface area contributed by atoms with Crippen LogP contribution in [0.25, 0.3) is 0 Å². The van der Waals surface area contributed by atoms with Crippen LogP contribution < -0.4 is 5.73 Å². The SMILES string of the molecule is Nc1c(F)cncc1Br. The van der Waals surface area contributed by atoms with Gasteiger partial charge in [-0.25, -0.2) is 4.39 Å². The minimum atomic E-state index is -0.496. The van der Waals surface area contributed by atoms with Crippen LogP contribution in [0.15, 0.2) is 16.9 Å². The minimum Gasteiger partial charge on any atom is -0.395 e. The van der Waals surface area contributed by atoms with E-state index in [0.29, 0.717) is 4.47 Å². The van der Waals surface area contributed by atoms with Crippen molar-refractivity contribution in [1.29, 1.82) is 0 Å². The van der Waals surface area contributed by atoms with Gasteiger partial charge in [0.1, 0.15) is 0 Å². The van der Waals surface area contributed by atoms with E-state index in [2.05, 4.69) is 20.9 Å². The number of hydrogen-bond donors (Lipinski definition) is 1. The summed E-state index contributed by atoms with van der Waals surface area (Å²) in [4.78, 5) is 3.54. The van der Waals surface area contributed by atoms with Gasteiger partial charge in [-0.2, -0.15) is 0 Å². The zero-order chi connectivity index (χ0) is 6.85. The summed E-state index contributed by atoms with van der Waals surface area (Å²) in [7, 11) is 0. The largest absolute Gasteiger partial charge is 0.395 e. The lowest BCUT2D eigenvalue weighted by Gasteiger charge is -1.95. The van der Waals surface area contributed by atoms with Gasteiger partial charge < -0.3 is 5.73 Å². The molecule has 2 nitrogen and oxygen atoms in total. The van der Waals surface area contributed by atoms with E-state index in [-0.39, 0.29) is 5.69 Å². The molecule has 2 N–H and O–H groups in total. The Morgan fingerprint density at radius 3 is 2.67 bits per heavy atom. The minimum absolute atomic E-state index is 0.102. The highest BCUT2D eigenvalue weighted by atomic mass is 79.9. The van der Waals surface area contributed by atoms with E-state index in [1.807, 2.05) is 0 Å². The molecule has 48 valence electrons. The van der Waals surface area contributed by atoms with Crippen LogP contribution in [0.2, 0.25) is 0 Å². The molecule has 0 bridgehead atoms. The Labute approximate surface area is 60.0 Å². The lowest BCUT2D eigenvalue weighted by Crippen LogP contribution is -1.91. The predicted octanol–water partition coefficient (Wildman–Crippen LogP) is 1.57. The topological polar surface area (TPSA) is 38.9 Å². The lowest BCUT2D eigenvalue weighted by atomic mass is 10.4. The first kappa shape index (κ1) is 6.48. The quantitative estimate of drug-likeness (QED) is 0.675. The molecular weight excluding hydrogens is 187 g/mol. The van der Waals surface area contributed by atoms with Gasteiger partial charge in [-0.15, -0.1) is 0 Å². The van der Waals surface area contributed by atoms with E-state index in [4.69, 9.17) is 5.73 Å². The first-order valence-corrected chi connectivity index (χ1v) is 3.05. The van der Waals surface area contributed by atoms with Gasteiger partial charge in [0.05, 0.1) is 16.4 Å². The molecule has 0 aliphatic carbocycles. The monoisotopic (exact) mass is 190 g/mol. The van der Waals surface area contributed by atoms with Gasteiger partial charge >= 0.3 is 0 Å². The fraction of sp³-hybridized carbons (Fsp3) is 0. The van der Waals surface area contributed by atoms with Crippen molar-refractivity contribution in [3.63, 3.8) is 0 Å². The maximum atomic E-state index is 12.4. The molecule has 0 unspecified atom stereocenters. The zero-order valence-electron chi connectivity index (χ0n) is 4.44. The van der Waals surface area contributed by atoms with Crippen molar-refractivity contribution in [2.45, 2.75) is 0 Å². The van der Waals surface area contributed by atoms with Gasteiger partial charge in [-0.1, -0.05) is 0 Å². The zero-order valence-corrected chi connectivity index (χ0v) is 6.02. The Kier molecular flexibility index (Phi) is 1.66. The van der Waals surface area contributed by atoms with Gasteiger partial charge in [-0.05, 0) is 15.9 Å². The van der Waals surface area contributed by atoms with Crippen LogP contribution in [0.4, 0.5) is 10.1 Å². The summed E-state index contributed by atoms with van der Waals surface area (Å²) in [6.07, 6.45) is 2.51. The average molecular weight is 191 g/mol. The summed E-state index contributed by atoms with van der Waals surface area (Å²) >= 11 is 3.02. The number of rotatable bonds is 0. The van der Waals surface area contributed by atoms with Crippen molar-refractivity contribution in [3.8, 4) is 0 Å². The average Bonchev–Trinajstić information content (AvgIpc) is 1.83. The normalized spacial score (nSPS) is 9.56. The molecule has 0 aliphatic rings. The molecule has 1 heterocycles. The first-order chi connectivity index (χ1) is 4.22. The molecule has 0 aliphatic heterocycles. The molecule has 9 heavy (non-hydrogen) atoms. The molecule has 0 radical (unpaired) electrons. The van der Waals surface area contributed by atoms with Gasteiger partial charge in [-0.3, -0.25) is 4.98 Å². The summed E-state index contributed by atoms with van der Waals surface area (Å²) < 4.78 is 12.9. The Morgan fingerprint density at radius 1 is 1.56 bits per heavy atom. The highest BCUT2D eigenvalue weighted by molar-refractivity contribution is 9.10. The number of halogens is 2. The molecule has 0 aromatic carbocycles. The van der Waals surface area contributed by atoms with Gasteiger partial charge in [0.25, 0.3) is 0 Å². The van der Waals surface area contributed by atoms with Crippen molar-refractivity contribution < 1.29 is 4.39 Å². The Bertz CT molecular complexity index is 206. The smallest absolute Gasteiger partial charge is 0.165 e. The number of nitrogens with two attached hydrogens (primary N) is 1. The van der Waals surface area contributed by atoms with E-state index >= 15 is 0 Å². The summed E-state index contributed by atoms with van der Waals surface area (Å²) in [5.41, 5.74) is 5.32. The Balaban J connectivity index is 3.25. The van der Waals surface area contributed by atoms with Crippen molar-refractivity contribution in [3.05, 3.63) is 22.7 Å². The Morgan fingerprint density at radius 2 is 2.22 bits per heavy atom. The molecule has 4 heteroatoms. The fourth-order valence-electron chi connectivity index (χ4n) is 0.421. The molecule has 0 spiro atoms. The summed E-state index contributed by atoms with van der Waals surface area (Å²) in [5, 5.41) is 0. The van der Waals surface area contributed by atoms with Crippen LogP contribution in [0.1, 0.15) is 0 Å². The van der Waals surface area contributed by atoms with Crippen LogP contribution in [0.3, 0.4) is 0 Å². The van der Waals surface area contributed by atoms with Gasteiger partial charge in [0.2, 0.25) is 0 Å². The Hall–Kier alpha value is -0.640. The van der Waals surface area contributed by atoms with Crippen LogP contribution in [0, 0.1) is 5.82 Å². The van der Waals surface area contributed by atoms with Crippen molar-refractivity contribution in [2.24, 2.45) is 0 Å². The highest BCUT2D eigenvalue weighted by Crippen LogP contribution is 2.19. The number of pyridine rings is 1. The van der Waals surface area contributed by atoms with E-state index in [1.165, 1.54) is 6.20 Å². The molecule has 1 aromatic rings. The number of aromatic nitrogens is 1. The highest BCUT2D eigenvalue weighted by Gasteiger charge is 1.99. The van der Waals surface area contributed by atoms with Crippen LogP contribution in [-0.4, -0.2) is 4.98 Å². The molecule has 0 saturated heterocycles. The number of hydrogen-bond acceptors (Lipinski definition) is 2. The van der Waals surface area contributed by atoms with Crippen LogP contribution in [0.5, 0.6) is 0 Å². The van der Waals surface area contributed by atoms with Crippen molar-refractivity contribution >= 4 is 21.6 Å². The summed E-state index contributed by atoms with van der Waals surface area (Å²) in [5.74, 6) is -0.496. The third-order valence-corrected chi connectivity index (χ3v) is 1.52. The molecule has 1 rings (SSSR count). The maximum Gasteiger partial charge on any atom is 0.165 e. The first-order valence-electron chi connectivity index (χ1n) is 2.26. The van der Waals surface area contributed by atoms with Gasteiger partial charge in [0.15, 0.2) is 5.82 Å². The molecule has 0 fully saturated rings. The summed E-state index contributed by atoms with van der Waals surface area (Å²) in [6, 6.07) is 0. The van der Waals surface area contributed by atoms with Crippen molar-refractivity contribution in [2.75, 3.05) is 5.73 Å². The van der Waals surface area contributed by atoms with E-state index < -0.39 is 5.82 Å².